The molecule has 2 atom stereocenters. The van der Waals surface area contributed by atoms with E-state index < -0.39 is 0 Å². The Kier molecular flexibility index (Phi) is 5.22. The van der Waals surface area contributed by atoms with Gasteiger partial charge < -0.3 is 23.9 Å². The minimum atomic E-state index is 0.0510. The summed E-state index contributed by atoms with van der Waals surface area (Å²) in [6.45, 7) is 6.61. The van der Waals surface area contributed by atoms with Gasteiger partial charge in [-0.3, -0.25) is 5.43 Å². The number of hydrogen-bond donors (Lipinski definition) is 3. The van der Waals surface area contributed by atoms with Crippen molar-refractivity contribution in [1.29, 1.82) is 0 Å². The Morgan fingerprint density at radius 1 is 1.10 bits per heavy atom. The average molecular weight is 399 g/mol. The molecule has 7 nitrogen and oxygen atoms in total. The molecule has 2 aromatic rings. The van der Waals surface area contributed by atoms with Gasteiger partial charge in [0.05, 0.1) is 6.04 Å². The highest BCUT2D eigenvalue weighted by atomic mass is 16.7. The second-order valence-electron chi connectivity index (χ2n) is 8.30. The lowest BCUT2D eigenvalue weighted by atomic mass is 9.74. The molecule has 156 valence electrons. The molecule has 4 heterocycles. The van der Waals surface area contributed by atoms with Crippen LogP contribution in [-0.4, -0.2) is 39.6 Å². The lowest BCUT2D eigenvalue weighted by molar-refractivity contribution is 0.0495. The number of aryl methyl sites for hydroxylation is 1. The molecule has 0 aliphatic carbocycles. The molecule has 3 aliphatic rings. The zero-order chi connectivity index (χ0) is 19.7. The first-order chi connectivity index (χ1) is 14.2. The quantitative estimate of drug-likeness (QED) is 0.689. The SMILES string of the molecule is Cc1ccc(C2NNCC2CNCC2(c3ccc4c(c3)OCO4)CCOCC2)o1. The standard InChI is InChI=1S/C22H29N3O4/c1-15-2-4-19(29-15)21-16(12-24-25-21)11-23-13-22(6-8-26-9-7-22)17-3-5-18-20(10-17)28-14-27-18/h2-5,10,16,21,23-25H,6-9,11-14H2,1H3. The summed E-state index contributed by atoms with van der Waals surface area (Å²) in [5.74, 6) is 4.06. The number of furan rings is 1. The summed E-state index contributed by atoms with van der Waals surface area (Å²) in [5, 5.41) is 3.76. The summed E-state index contributed by atoms with van der Waals surface area (Å²) in [6.07, 6.45) is 2.00. The molecule has 0 saturated carbocycles. The summed E-state index contributed by atoms with van der Waals surface area (Å²) < 4.78 is 22.7. The predicted molar refractivity (Wildman–Crippen MR) is 108 cm³/mol. The number of ether oxygens (including phenoxy) is 3. The van der Waals surface area contributed by atoms with Gasteiger partial charge in [-0.05, 0) is 49.6 Å². The van der Waals surface area contributed by atoms with Gasteiger partial charge in [-0.15, -0.1) is 0 Å². The zero-order valence-electron chi connectivity index (χ0n) is 16.8. The van der Waals surface area contributed by atoms with E-state index in [9.17, 15) is 0 Å². The fourth-order valence-electron chi connectivity index (χ4n) is 4.70. The highest BCUT2D eigenvalue weighted by molar-refractivity contribution is 5.47. The third kappa shape index (κ3) is 3.75. The molecule has 1 aromatic carbocycles. The maximum atomic E-state index is 5.85. The minimum absolute atomic E-state index is 0.0510. The molecule has 0 amide bonds. The Hall–Kier alpha value is -2.06. The van der Waals surface area contributed by atoms with Gasteiger partial charge in [0, 0.05) is 44.2 Å². The van der Waals surface area contributed by atoms with E-state index in [1.165, 1.54) is 5.56 Å². The highest BCUT2D eigenvalue weighted by Gasteiger charge is 2.36. The fourth-order valence-corrected chi connectivity index (χ4v) is 4.70. The van der Waals surface area contributed by atoms with Gasteiger partial charge in [-0.2, -0.15) is 0 Å². The van der Waals surface area contributed by atoms with Crippen LogP contribution in [-0.2, 0) is 10.2 Å². The van der Waals surface area contributed by atoms with E-state index in [4.69, 9.17) is 18.6 Å². The van der Waals surface area contributed by atoms with Crippen molar-refractivity contribution < 1.29 is 18.6 Å². The average Bonchev–Trinajstić information content (AvgIpc) is 3.48. The van der Waals surface area contributed by atoms with E-state index in [1.54, 1.807) is 0 Å². The van der Waals surface area contributed by atoms with Crippen LogP contribution >= 0.6 is 0 Å². The van der Waals surface area contributed by atoms with Gasteiger partial charge >= 0.3 is 0 Å². The van der Waals surface area contributed by atoms with Crippen molar-refractivity contribution in [1.82, 2.24) is 16.2 Å². The van der Waals surface area contributed by atoms with Gasteiger partial charge in [-0.25, -0.2) is 5.43 Å². The number of benzene rings is 1. The third-order valence-electron chi connectivity index (χ3n) is 6.47. The van der Waals surface area contributed by atoms with Crippen LogP contribution in [0, 0.1) is 12.8 Å². The minimum Gasteiger partial charge on any atom is -0.465 e. The van der Waals surface area contributed by atoms with Crippen molar-refractivity contribution in [3.05, 3.63) is 47.4 Å². The van der Waals surface area contributed by atoms with E-state index >= 15 is 0 Å². The second kappa shape index (κ2) is 7.99. The van der Waals surface area contributed by atoms with E-state index in [0.29, 0.717) is 12.7 Å². The van der Waals surface area contributed by atoms with Crippen molar-refractivity contribution >= 4 is 0 Å². The highest BCUT2D eigenvalue weighted by Crippen LogP contribution is 2.40. The van der Waals surface area contributed by atoms with Gasteiger partial charge in [0.1, 0.15) is 11.5 Å². The number of nitrogens with one attached hydrogen (secondary N) is 3. The van der Waals surface area contributed by atoms with Crippen LogP contribution in [0.25, 0.3) is 0 Å². The van der Waals surface area contributed by atoms with Crippen LogP contribution in [0.5, 0.6) is 11.5 Å². The Labute approximate surface area is 171 Å². The van der Waals surface area contributed by atoms with Crippen molar-refractivity contribution in [2.24, 2.45) is 5.92 Å². The number of hydrazine groups is 1. The van der Waals surface area contributed by atoms with E-state index in [2.05, 4.69) is 34.4 Å². The van der Waals surface area contributed by atoms with E-state index in [0.717, 1.165) is 68.7 Å². The largest absolute Gasteiger partial charge is 0.465 e. The molecule has 2 fully saturated rings. The normalized spacial score (nSPS) is 25.4. The molecule has 2 saturated heterocycles. The summed E-state index contributed by atoms with van der Waals surface area (Å²) >= 11 is 0. The number of rotatable bonds is 6. The third-order valence-corrected chi connectivity index (χ3v) is 6.47. The lowest BCUT2D eigenvalue weighted by Crippen LogP contribution is -2.44. The molecule has 29 heavy (non-hydrogen) atoms. The van der Waals surface area contributed by atoms with Crippen LogP contribution in [0.4, 0.5) is 0 Å². The second-order valence-corrected chi connectivity index (χ2v) is 8.30. The van der Waals surface area contributed by atoms with E-state index in [1.807, 2.05) is 19.1 Å². The molecular weight excluding hydrogens is 370 g/mol. The molecule has 7 heteroatoms. The molecule has 3 aliphatic heterocycles. The van der Waals surface area contributed by atoms with E-state index in [-0.39, 0.29) is 11.5 Å². The monoisotopic (exact) mass is 399 g/mol. The van der Waals surface area contributed by atoms with Crippen LogP contribution < -0.4 is 25.6 Å². The van der Waals surface area contributed by atoms with Crippen LogP contribution in [0.2, 0.25) is 0 Å². The molecule has 2 unspecified atom stereocenters. The summed E-state index contributed by atoms with van der Waals surface area (Å²) in [7, 11) is 0. The first-order valence-corrected chi connectivity index (χ1v) is 10.5. The van der Waals surface area contributed by atoms with Crippen molar-refractivity contribution in [2.75, 3.05) is 39.6 Å². The Bertz CT molecular complexity index is 846. The Morgan fingerprint density at radius 3 is 2.79 bits per heavy atom. The smallest absolute Gasteiger partial charge is 0.231 e. The molecule has 1 aromatic heterocycles. The molecule has 5 rings (SSSR count). The van der Waals surface area contributed by atoms with Crippen LogP contribution in [0.1, 0.15) is 36.0 Å². The van der Waals surface area contributed by atoms with Crippen molar-refractivity contribution in [3.8, 4) is 11.5 Å². The van der Waals surface area contributed by atoms with Gasteiger partial charge in [0.2, 0.25) is 6.79 Å². The van der Waals surface area contributed by atoms with Crippen molar-refractivity contribution in [2.45, 2.75) is 31.2 Å². The topological polar surface area (TPSA) is 76.9 Å². The molecule has 0 spiro atoms. The maximum absolute atomic E-state index is 5.85. The molecule has 0 radical (unpaired) electrons. The van der Waals surface area contributed by atoms with Gasteiger partial charge in [0.15, 0.2) is 11.5 Å². The summed E-state index contributed by atoms with van der Waals surface area (Å²) in [5.41, 5.74) is 8.00. The molecular formula is C22H29N3O4. The first-order valence-electron chi connectivity index (χ1n) is 10.5. The maximum Gasteiger partial charge on any atom is 0.231 e. The Morgan fingerprint density at radius 2 is 1.97 bits per heavy atom. The van der Waals surface area contributed by atoms with Crippen LogP contribution in [0.15, 0.2) is 34.7 Å². The lowest BCUT2D eigenvalue weighted by Gasteiger charge is -2.38. The number of hydrogen-bond acceptors (Lipinski definition) is 7. The first kappa shape index (κ1) is 18.9. The summed E-state index contributed by atoms with van der Waals surface area (Å²) in [4.78, 5) is 0. The van der Waals surface area contributed by atoms with Crippen molar-refractivity contribution in [3.63, 3.8) is 0 Å². The Balaban J connectivity index is 1.28. The molecule has 3 N–H and O–H groups in total. The number of fused-ring (bicyclic) bond motifs is 1. The zero-order valence-corrected chi connectivity index (χ0v) is 16.8. The van der Waals surface area contributed by atoms with Gasteiger partial charge in [0.25, 0.3) is 0 Å². The van der Waals surface area contributed by atoms with Gasteiger partial charge in [-0.1, -0.05) is 6.07 Å². The fraction of sp³-hybridized carbons (Fsp3) is 0.545. The summed E-state index contributed by atoms with van der Waals surface area (Å²) in [6, 6.07) is 10.7. The molecule has 0 bridgehead atoms. The predicted octanol–water partition coefficient (Wildman–Crippen LogP) is 2.42. The van der Waals surface area contributed by atoms with Crippen LogP contribution in [0.3, 0.4) is 0 Å².